The van der Waals surface area contributed by atoms with Gasteiger partial charge in [0.1, 0.15) is 12.7 Å². The predicted octanol–water partition coefficient (Wildman–Crippen LogP) is 0.806. The Balaban J connectivity index is 2.11. The maximum absolute atomic E-state index is 5.63. The predicted molar refractivity (Wildman–Crippen MR) is 60.7 cm³/mol. The molecule has 1 atom stereocenters. The fourth-order valence-electron chi connectivity index (χ4n) is 1.73. The summed E-state index contributed by atoms with van der Waals surface area (Å²) in [7, 11) is 0. The monoisotopic (exact) mass is 217 g/mol. The van der Waals surface area contributed by atoms with Crippen LogP contribution in [0.15, 0.2) is 37.2 Å². The van der Waals surface area contributed by atoms with Gasteiger partial charge in [0.15, 0.2) is 0 Å². The van der Waals surface area contributed by atoms with Crippen LogP contribution in [0.5, 0.6) is 0 Å². The number of nitrogens with two attached hydrogens (primary N) is 1. The first kappa shape index (κ1) is 10.8. The second-order valence-electron chi connectivity index (χ2n) is 3.68. The molecule has 0 saturated heterocycles. The van der Waals surface area contributed by atoms with Crippen molar-refractivity contribution < 1.29 is 0 Å². The smallest absolute Gasteiger partial charge is 0.137 e. The van der Waals surface area contributed by atoms with Crippen LogP contribution in [0.4, 0.5) is 0 Å². The SMILES string of the molecule is NCCC(Cn1cncn1)c1cccnc1. The van der Waals surface area contributed by atoms with Gasteiger partial charge in [-0.2, -0.15) is 5.10 Å². The van der Waals surface area contributed by atoms with Crippen molar-refractivity contribution in [2.75, 3.05) is 6.54 Å². The van der Waals surface area contributed by atoms with Crippen molar-refractivity contribution in [2.45, 2.75) is 18.9 Å². The second-order valence-corrected chi connectivity index (χ2v) is 3.68. The molecule has 0 saturated carbocycles. The van der Waals surface area contributed by atoms with Crippen LogP contribution in [-0.2, 0) is 6.54 Å². The molecule has 1 unspecified atom stereocenters. The highest BCUT2D eigenvalue weighted by Crippen LogP contribution is 2.19. The largest absolute Gasteiger partial charge is 0.330 e. The molecule has 5 heteroatoms. The van der Waals surface area contributed by atoms with Crippen molar-refractivity contribution in [1.29, 1.82) is 0 Å². The lowest BCUT2D eigenvalue weighted by Gasteiger charge is -2.15. The van der Waals surface area contributed by atoms with Gasteiger partial charge in [0, 0.05) is 24.9 Å². The highest BCUT2D eigenvalue weighted by atomic mass is 15.3. The molecule has 0 spiro atoms. The molecule has 2 N–H and O–H groups in total. The average molecular weight is 217 g/mol. The number of rotatable bonds is 5. The summed E-state index contributed by atoms with van der Waals surface area (Å²) >= 11 is 0. The molecule has 0 aliphatic rings. The summed E-state index contributed by atoms with van der Waals surface area (Å²) in [6.07, 6.45) is 7.85. The van der Waals surface area contributed by atoms with Crippen molar-refractivity contribution in [1.82, 2.24) is 19.7 Å². The molecule has 0 amide bonds. The Kier molecular flexibility index (Phi) is 3.61. The Morgan fingerprint density at radius 3 is 2.94 bits per heavy atom. The molecule has 0 aromatic carbocycles. The highest BCUT2D eigenvalue weighted by molar-refractivity contribution is 5.14. The van der Waals surface area contributed by atoms with E-state index >= 15 is 0 Å². The van der Waals surface area contributed by atoms with Crippen molar-refractivity contribution in [3.05, 3.63) is 42.7 Å². The molecule has 2 aromatic heterocycles. The second kappa shape index (κ2) is 5.37. The van der Waals surface area contributed by atoms with Gasteiger partial charge in [-0.1, -0.05) is 6.07 Å². The fourth-order valence-corrected chi connectivity index (χ4v) is 1.73. The zero-order chi connectivity index (χ0) is 11.2. The summed E-state index contributed by atoms with van der Waals surface area (Å²) in [4.78, 5) is 8.07. The Morgan fingerprint density at radius 1 is 1.38 bits per heavy atom. The van der Waals surface area contributed by atoms with Crippen LogP contribution in [0, 0.1) is 0 Å². The average Bonchev–Trinajstić information content (AvgIpc) is 2.83. The summed E-state index contributed by atoms with van der Waals surface area (Å²) in [5.74, 6) is 0.348. The maximum atomic E-state index is 5.63. The van der Waals surface area contributed by atoms with Crippen LogP contribution in [0.25, 0.3) is 0 Å². The van der Waals surface area contributed by atoms with Crippen molar-refractivity contribution in [3.63, 3.8) is 0 Å². The summed E-state index contributed by atoms with van der Waals surface area (Å²) in [5.41, 5.74) is 6.83. The van der Waals surface area contributed by atoms with Crippen molar-refractivity contribution in [2.24, 2.45) is 5.73 Å². The lowest BCUT2D eigenvalue weighted by atomic mass is 9.97. The van der Waals surface area contributed by atoms with E-state index in [9.17, 15) is 0 Å². The fraction of sp³-hybridized carbons (Fsp3) is 0.364. The molecular weight excluding hydrogens is 202 g/mol. The van der Waals surface area contributed by atoms with Crippen LogP contribution < -0.4 is 5.73 Å². The molecule has 2 rings (SSSR count). The Labute approximate surface area is 94.3 Å². The first-order valence-corrected chi connectivity index (χ1v) is 5.32. The van der Waals surface area contributed by atoms with Gasteiger partial charge in [0.05, 0.1) is 0 Å². The number of hydrogen-bond donors (Lipinski definition) is 1. The van der Waals surface area contributed by atoms with Gasteiger partial charge in [-0.05, 0) is 24.6 Å². The number of nitrogens with zero attached hydrogens (tertiary/aromatic N) is 4. The molecule has 2 heterocycles. The molecule has 16 heavy (non-hydrogen) atoms. The molecule has 2 aromatic rings. The maximum Gasteiger partial charge on any atom is 0.137 e. The summed E-state index contributed by atoms with van der Waals surface area (Å²) in [5, 5.41) is 4.11. The standard InChI is InChI=1S/C11H15N5/c12-4-3-11(7-16-9-14-8-15-16)10-2-1-5-13-6-10/h1-2,5-6,8-9,11H,3-4,7,12H2. The molecule has 0 aliphatic heterocycles. The molecule has 0 radical (unpaired) electrons. The van der Waals surface area contributed by atoms with Gasteiger partial charge in [-0.15, -0.1) is 0 Å². The van der Waals surface area contributed by atoms with Gasteiger partial charge in [0.2, 0.25) is 0 Å². The van der Waals surface area contributed by atoms with Gasteiger partial charge < -0.3 is 5.73 Å². The minimum atomic E-state index is 0.348. The summed E-state index contributed by atoms with van der Waals surface area (Å²) in [6, 6.07) is 4.02. The van der Waals surface area contributed by atoms with E-state index in [1.54, 1.807) is 18.9 Å². The van der Waals surface area contributed by atoms with Gasteiger partial charge in [-0.25, -0.2) is 4.98 Å². The number of pyridine rings is 1. The first-order chi connectivity index (χ1) is 7.90. The summed E-state index contributed by atoms with van der Waals surface area (Å²) < 4.78 is 1.83. The molecule has 5 nitrogen and oxygen atoms in total. The molecule has 0 bridgehead atoms. The van der Waals surface area contributed by atoms with Crippen molar-refractivity contribution >= 4 is 0 Å². The minimum Gasteiger partial charge on any atom is -0.330 e. The van der Waals surface area contributed by atoms with E-state index in [2.05, 4.69) is 21.1 Å². The summed E-state index contributed by atoms with van der Waals surface area (Å²) in [6.45, 7) is 1.46. The van der Waals surface area contributed by atoms with Crippen LogP contribution >= 0.6 is 0 Å². The Morgan fingerprint density at radius 2 is 2.31 bits per heavy atom. The van der Waals surface area contributed by atoms with E-state index < -0.39 is 0 Å². The van der Waals surface area contributed by atoms with E-state index in [0.717, 1.165) is 13.0 Å². The third-order valence-corrected chi connectivity index (χ3v) is 2.54. The van der Waals surface area contributed by atoms with Crippen molar-refractivity contribution in [3.8, 4) is 0 Å². The normalized spacial score (nSPS) is 12.6. The topological polar surface area (TPSA) is 69.6 Å². The van der Waals surface area contributed by atoms with Gasteiger partial charge in [0.25, 0.3) is 0 Å². The van der Waals surface area contributed by atoms with Crippen LogP contribution in [0.1, 0.15) is 17.9 Å². The zero-order valence-corrected chi connectivity index (χ0v) is 9.03. The third-order valence-electron chi connectivity index (χ3n) is 2.54. The molecule has 0 aliphatic carbocycles. The quantitative estimate of drug-likeness (QED) is 0.804. The molecule has 84 valence electrons. The molecular formula is C11H15N5. The van der Waals surface area contributed by atoms with E-state index in [1.807, 2.05) is 16.9 Å². The van der Waals surface area contributed by atoms with Gasteiger partial charge in [-0.3, -0.25) is 9.67 Å². The van der Waals surface area contributed by atoms with E-state index in [4.69, 9.17) is 5.73 Å². The first-order valence-electron chi connectivity index (χ1n) is 5.32. The Hall–Kier alpha value is -1.75. The molecule has 0 fully saturated rings. The zero-order valence-electron chi connectivity index (χ0n) is 9.03. The van der Waals surface area contributed by atoms with Crippen LogP contribution in [-0.4, -0.2) is 26.3 Å². The van der Waals surface area contributed by atoms with Gasteiger partial charge >= 0.3 is 0 Å². The lowest BCUT2D eigenvalue weighted by Crippen LogP contribution is -2.14. The number of aromatic nitrogens is 4. The van der Waals surface area contributed by atoms with E-state index in [-0.39, 0.29) is 0 Å². The number of hydrogen-bond acceptors (Lipinski definition) is 4. The van der Waals surface area contributed by atoms with Crippen LogP contribution in [0.2, 0.25) is 0 Å². The third kappa shape index (κ3) is 2.64. The highest BCUT2D eigenvalue weighted by Gasteiger charge is 2.11. The van der Waals surface area contributed by atoms with Crippen LogP contribution in [0.3, 0.4) is 0 Å². The minimum absolute atomic E-state index is 0.348. The Bertz CT molecular complexity index is 398. The van der Waals surface area contributed by atoms with E-state index in [0.29, 0.717) is 12.5 Å². The van der Waals surface area contributed by atoms with E-state index in [1.165, 1.54) is 5.56 Å². The lowest BCUT2D eigenvalue weighted by molar-refractivity contribution is 0.492.